The van der Waals surface area contributed by atoms with Crippen LogP contribution in [-0.2, 0) is 19.1 Å². The molecule has 238 valence electrons. The SMILES string of the molecule is CCC(=O)/C=C(/C)C(C(=O)OC(C)C(/N=C/C(=O)c1ccc(C)c2oc3c(C)c(=O)c(N)c(C(N)=O)c-3nc12)C(N)=O)C(C)C. The van der Waals surface area contributed by atoms with E-state index in [2.05, 4.69) is 9.98 Å². The van der Waals surface area contributed by atoms with Crippen molar-refractivity contribution in [2.75, 3.05) is 5.73 Å². The van der Waals surface area contributed by atoms with Crippen LogP contribution in [0.5, 0.6) is 0 Å². The Morgan fingerprint density at radius 2 is 1.73 bits per heavy atom. The van der Waals surface area contributed by atoms with Gasteiger partial charge < -0.3 is 26.4 Å². The summed E-state index contributed by atoms with van der Waals surface area (Å²) in [6.07, 6.45) is 1.37. The number of hydrogen-bond donors (Lipinski definition) is 3. The minimum Gasteiger partial charge on any atom is -0.459 e. The Bertz CT molecular complexity index is 1800. The van der Waals surface area contributed by atoms with Gasteiger partial charge in [0.05, 0.1) is 28.9 Å². The first-order chi connectivity index (χ1) is 21.0. The third kappa shape index (κ3) is 6.97. The Kier molecular flexibility index (Phi) is 10.4. The molecule has 1 heterocycles. The number of amides is 2. The maximum absolute atomic E-state index is 13.4. The zero-order valence-corrected chi connectivity index (χ0v) is 26.2. The minimum absolute atomic E-state index is 0.00913. The predicted molar refractivity (Wildman–Crippen MR) is 168 cm³/mol. The lowest BCUT2D eigenvalue weighted by Gasteiger charge is -2.24. The number of allylic oxidation sites excluding steroid dienone is 1. The number of ether oxygens (including phenoxy) is 1. The van der Waals surface area contributed by atoms with E-state index in [1.54, 1.807) is 40.7 Å². The van der Waals surface area contributed by atoms with Crippen molar-refractivity contribution in [3.8, 4) is 11.5 Å². The number of hydrogen-bond acceptors (Lipinski definition) is 11. The average Bonchev–Trinajstić information content (AvgIpc) is 2.95. The molecule has 0 saturated heterocycles. The number of aryl methyl sites for hydroxylation is 1. The second-order valence-corrected chi connectivity index (χ2v) is 11.2. The second-order valence-electron chi connectivity index (χ2n) is 11.2. The van der Waals surface area contributed by atoms with Crippen LogP contribution in [0.3, 0.4) is 0 Å². The van der Waals surface area contributed by atoms with Gasteiger partial charge in [0.2, 0.25) is 17.1 Å². The number of nitrogen functional groups attached to an aromatic ring is 1. The van der Waals surface area contributed by atoms with Crippen molar-refractivity contribution >= 4 is 52.4 Å². The molecular weight excluding hydrogens is 582 g/mol. The first-order valence-electron chi connectivity index (χ1n) is 14.3. The summed E-state index contributed by atoms with van der Waals surface area (Å²) < 4.78 is 11.5. The molecule has 0 spiro atoms. The van der Waals surface area contributed by atoms with Crippen molar-refractivity contribution < 1.29 is 33.1 Å². The Labute approximate surface area is 259 Å². The summed E-state index contributed by atoms with van der Waals surface area (Å²) in [6, 6.07) is 1.61. The molecule has 1 aromatic carbocycles. The zero-order valence-electron chi connectivity index (χ0n) is 26.2. The number of anilines is 1. The number of nitrogens with zero attached hydrogens (tertiary/aromatic N) is 2. The third-order valence-corrected chi connectivity index (χ3v) is 7.45. The van der Waals surface area contributed by atoms with Gasteiger partial charge in [-0.3, -0.25) is 33.8 Å². The van der Waals surface area contributed by atoms with E-state index in [-0.39, 0.29) is 57.4 Å². The highest BCUT2D eigenvalue weighted by Gasteiger charge is 2.32. The van der Waals surface area contributed by atoms with Crippen molar-refractivity contribution in [3.05, 3.63) is 56.3 Å². The number of nitrogens with two attached hydrogens (primary N) is 3. The molecule has 13 nitrogen and oxygen atoms in total. The van der Waals surface area contributed by atoms with Gasteiger partial charge in [0.25, 0.3) is 5.91 Å². The number of carbonyl (C=O) groups is 5. The molecule has 0 aromatic heterocycles. The number of aromatic nitrogens is 1. The van der Waals surface area contributed by atoms with Crippen LogP contribution in [0.1, 0.15) is 72.9 Å². The van der Waals surface area contributed by atoms with Crippen LogP contribution in [0.4, 0.5) is 5.69 Å². The van der Waals surface area contributed by atoms with Gasteiger partial charge in [0, 0.05) is 12.0 Å². The fraction of sp³-hybridized carbons (Fsp3) is 0.375. The first kappa shape index (κ1) is 34.3. The normalized spacial score (nSPS) is 14.1. The number of carbonyl (C=O) groups excluding carboxylic acids is 5. The minimum atomic E-state index is -1.43. The highest BCUT2D eigenvalue weighted by Crippen LogP contribution is 2.34. The molecule has 1 aliphatic carbocycles. The van der Waals surface area contributed by atoms with E-state index in [9.17, 15) is 28.8 Å². The maximum Gasteiger partial charge on any atom is 0.313 e. The summed E-state index contributed by atoms with van der Waals surface area (Å²) in [5.74, 6) is -4.48. The van der Waals surface area contributed by atoms with Crippen molar-refractivity contribution in [2.24, 2.45) is 28.3 Å². The predicted octanol–water partition coefficient (Wildman–Crippen LogP) is 2.83. The molecule has 0 bridgehead atoms. The average molecular weight is 620 g/mol. The van der Waals surface area contributed by atoms with Gasteiger partial charge in [-0.2, -0.15) is 0 Å². The van der Waals surface area contributed by atoms with Gasteiger partial charge in [-0.15, -0.1) is 0 Å². The van der Waals surface area contributed by atoms with E-state index in [1.165, 1.54) is 26.0 Å². The standard InChI is InChI=1S/C32H37N5O8/c1-8-18(38)11-15(5)21(13(2)3)32(43)44-17(7)24(31(35)42)36-12-20(39)19-10-9-14(4)28-25(19)37-26-22(30(34)41)23(33)27(40)16(6)29(26)45-28/h9-13,17,21,24H,8,33H2,1-7H3,(H2,34,41)(H2,35,42)/b15-11-,36-12+. The number of aliphatic imine (C=N–C) groups is 1. The number of Topliss-reactive ketones (excluding diaryl/α,β-unsaturated/α-hetero) is 1. The quantitative estimate of drug-likeness (QED) is 0.0670. The zero-order chi connectivity index (χ0) is 33.9. The van der Waals surface area contributed by atoms with Gasteiger partial charge in [-0.25, -0.2) is 4.98 Å². The largest absolute Gasteiger partial charge is 0.459 e. The van der Waals surface area contributed by atoms with Gasteiger partial charge in [-0.05, 0) is 51.3 Å². The molecule has 45 heavy (non-hydrogen) atoms. The van der Waals surface area contributed by atoms with Crippen LogP contribution >= 0.6 is 0 Å². The smallest absolute Gasteiger partial charge is 0.313 e. The van der Waals surface area contributed by atoms with Crippen LogP contribution in [0.15, 0.2) is 38.0 Å². The van der Waals surface area contributed by atoms with Crippen molar-refractivity contribution in [3.63, 3.8) is 0 Å². The summed E-state index contributed by atoms with van der Waals surface area (Å²) in [7, 11) is 0. The molecule has 1 aromatic rings. The fourth-order valence-electron chi connectivity index (χ4n) is 5.04. The van der Waals surface area contributed by atoms with E-state index in [0.717, 1.165) is 6.21 Å². The molecule has 3 unspecified atom stereocenters. The molecule has 0 fully saturated rings. The summed E-state index contributed by atoms with van der Waals surface area (Å²) in [6.45, 7) is 11.5. The number of fused-ring (bicyclic) bond motifs is 2. The summed E-state index contributed by atoms with van der Waals surface area (Å²) in [5, 5.41) is 0. The van der Waals surface area contributed by atoms with Crippen LogP contribution in [-0.4, -0.2) is 52.7 Å². The summed E-state index contributed by atoms with van der Waals surface area (Å²) in [4.78, 5) is 84.1. The van der Waals surface area contributed by atoms with Gasteiger partial charge >= 0.3 is 5.97 Å². The molecule has 6 N–H and O–H groups in total. The molecular formula is C32H37N5O8. The van der Waals surface area contributed by atoms with Crippen molar-refractivity contribution in [1.29, 1.82) is 0 Å². The number of ketones is 2. The second kappa shape index (κ2) is 13.6. The van der Waals surface area contributed by atoms with Gasteiger partial charge in [-0.1, -0.05) is 32.4 Å². The summed E-state index contributed by atoms with van der Waals surface area (Å²) in [5.41, 5.74) is 16.8. The van der Waals surface area contributed by atoms with E-state index in [0.29, 0.717) is 11.1 Å². The fourth-order valence-corrected chi connectivity index (χ4v) is 5.04. The van der Waals surface area contributed by atoms with Gasteiger partial charge in [0.1, 0.15) is 17.3 Å². The Balaban J connectivity index is 2.03. The first-order valence-corrected chi connectivity index (χ1v) is 14.3. The molecule has 0 radical (unpaired) electrons. The molecule has 1 aliphatic heterocycles. The lowest BCUT2D eigenvalue weighted by Crippen LogP contribution is -2.40. The number of esters is 1. The topological polar surface area (TPSA) is 228 Å². The highest BCUT2D eigenvalue weighted by molar-refractivity contribution is 6.38. The Morgan fingerprint density at radius 1 is 1.09 bits per heavy atom. The van der Waals surface area contributed by atoms with E-state index in [4.69, 9.17) is 26.4 Å². The van der Waals surface area contributed by atoms with Crippen molar-refractivity contribution in [2.45, 2.75) is 67.0 Å². The van der Waals surface area contributed by atoms with Gasteiger partial charge in [0.15, 0.2) is 23.2 Å². The Morgan fingerprint density at radius 3 is 2.29 bits per heavy atom. The third-order valence-electron chi connectivity index (χ3n) is 7.45. The Hall–Kier alpha value is -5.20. The van der Waals surface area contributed by atoms with E-state index < -0.39 is 52.7 Å². The molecule has 3 atom stereocenters. The van der Waals surface area contributed by atoms with Crippen LogP contribution in [0, 0.1) is 25.7 Å². The number of rotatable bonds is 12. The molecule has 13 heteroatoms. The van der Waals surface area contributed by atoms with Crippen LogP contribution in [0.25, 0.3) is 22.6 Å². The van der Waals surface area contributed by atoms with E-state index >= 15 is 0 Å². The monoisotopic (exact) mass is 619 g/mol. The molecule has 2 aliphatic rings. The van der Waals surface area contributed by atoms with Crippen molar-refractivity contribution in [1.82, 2.24) is 4.98 Å². The summed E-state index contributed by atoms with van der Waals surface area (Å²) >= 11 is 0. The molecule has 0 saturated carbocycles. The van der Waals surface area contributed by atoms with Crippen LogP contribution < -0.4 is 22.6 Å². The lowest BCUT2D eigenvalue weighted by molar-refractivity contribution is -0.154. The molecule has 2 amide bonds. The molecule has 3 rings (SSSR count). The highest BCUT2D eigenvalue weighted by atomic mass is 16.5. The van der Waals surface area contributed by atoms with E-state index in [1.807, 2.05) is 0 Å². The van der Waals surface area contributed by atoms with Crippen LogP contribution in [0.2, 0.25) is 0 Å². The number of benzene rings is 2. The lowest BCUT2D eigenvalue weighted by atomic mass is 9.88. The number of primary amides is 2. The maximum atomic E-state index is 13.4.